The molecule has 0 aliphatic carbocycles. The van der Waals surface area contributed by atoms with Crippen molar-refractivity contribution < 1.29 is 8.78 Å². The number of hydrogen-bond acceptors (Lipinski definition) is 2. The lowest BCUT2D eigenvalue weighted by atomic mass is 10.2. The van der Waals surface area contributed by atoms with Gasteiger partial charge >= 0.3 is 0 Å². The zero-order chi connectivity index (χ0) is 10.3. The largest absolute Gasteiger partial charge is 0.264 e. The number of thiol groups is 1. The molecule has 0 nitrogen and oxygen atoms in total. The average Bonchev–Trinajstić information content (AvgIpc) is 2.49. The Kier molecular flexibility index (Phi) is 2.99. The fourth-order valence-corrected chi connectivity index (χ4v) is 3.59. The highest BCUT2D eigenvalue weighted by Crippen LogP contribution is 2.37. The molecule has 0 atom stereocenters. The van der Waals surface area contributed by atoms with E-state index < -0.39 is 6.43 Å². The van der Waals surface area contributed by atoms with Gasteiger partial charge in [-0.1, -0.05) is 12.1 Å². The zero-order valence-corrected chi connectivity index (χ0v) is 10.7. The van der Waals surface area contributed by atoms with Gasteiger partial charge < -0.3 is 0 Å². The molecule has 0 saturated heterocycles. The minimum Gasteiger partial charge on any atom is -0.205 e. The van der Waals surface area contributed by atoms with Gasteiger partial charge in [-0.25, -0.2) is 8.78 Å². The summed E-state index contributed by atoms with van der Waals surface area (Å²) in [6.45, 7) is 0. The van der Waals surface area contributed by atoms with E-state index in [1.165, 1.54) is 17.4 Å². The van der Waals surface area contributed by atoms with Gasteiger partial charge in [0.25, 0.3) is 6.43 Å². The SMILES string of the molecule is FC(F)c1ccc2c(I)csc2c1S. The maximum Gasteiger partial charge on any atom is 0.264 e. The molecule has 5 heteroatoms. The first-order valence-electron chi connectivity index (χ1n) is 3.78. The molecular weight excluding hydrogens is 337 g/mol. The summed E-state index contributed by atoms with van der Waals surface area (Å²) in [6.07, 6.45) is -2.45. The van der Waals surface area contributed by atoms with Crippen LogP contribution in [0.4, 0.5) is 8.78 Å². The van der Waals surface area contributed by atoms with Crippen molar-refractivity contribution in [3.63, 3.8) is 0 Å². The predicted octanol–water partition coefficient (Wildman–Crippen LogP) is 4.73. The molecule has 0 fully saturated rings. The second-order valence-electron chi connectivity index (χ2n) is 2.76. The van der Waals surface area contributed by atoms with Crippen LogP contribution in [0, 0.1) is 3.57 Å². The fourth-order valence-electron chi connectivity index (χ4n) is 1.24. The molecule has 0 spiro atoms. The van der Waals surface area contributed by atoms with E-state index in [9.17, 15) is 8.78 Å². The maximum atomic E-state index is 12.5. The summed E-state index contributed by atoms with van der Waals surface area (Å²) in [4.78, 5) is 0.408. The highest BCUT2D eigenvalue weighted by molar-refractivity contribution is 14.1. The number of alkyl halides is 2. The molecule has 14 heavy (non-hydrogen) atoms. The van der Waals surface area contributed by atoms with E-state index >= 15 is 0 Å². The topological polar surface area (TPSA) is 0 Å². The molecule has 0 N–H and O–H groups in total. The molecule has 0 amide bonds. The Bertz CT molecular complexity index is 479. The zero-order valence-electron chi connectivity index (χ0n) is 6.80. The molecule has 0 saturated carbocycles. The van der Waals surface area contributed by atoms with Gasteiger partial charge in [-0.05, 0) is 22.6 Å². The van der Waals surface area contributed by atoms with Gasteiger partial charge in [0.15, 0.2) is 0 Å². The molecule has 0 radical (unpaired) electrons. The third kappa shape index (κ3) is 1.65. The third-order valence-corrected chi connectivity index (χ3v) is 4.90. The maximum absolute atomic E-state index is 12.5. The lowest BCUT2D eigenvalue weighted by Crippen LogP contribution is -1.86. The smallest absolute Gasteiger partial charge is 0.205 e. The summed E-state index contributed by atoms with van der Waals surface area (Å²) in [5.41, 5.74) is 0.0130. The number of rotatable bonds is 1. The van der Waals surface area contributed by atoms with Crippen LogP contribution in [0.1, 0.15) is 12.0 Å². The van der Waals surface area contributed by atoms with Crippen LogP contribution in [-0.4, -0.2) is 0 Å². The van der Waals surface area contributed by atoms with Crippen molar-refractivity contribution in [2.24, 2.45) is 0 Å². The van der Waals surface area contributed by atoms with Crippen LogP contribution in [-0.2, 0) is 0 Å². The van der Waals surface area contributed by atoms with Crippen molar-refractivity contribution in [1.82, 2.24) is 0 Å². The van der Waals surface area contributed by atoms with E-state index in [-0.39, 0.29) is 5.56 Å². The van der Waals surface area contributed by atoms with Crippen LogP contribution in [0.25, 0.3) is 10.1 Å². The quantitative estimate of drug-likeness (QED) is 0.562. The Morgan fingerprint density at radius 1 is 1.36 bits per heavy atom. The van der Waals surface area contributed by atoms with Crippen molar-refractivity contribution in [2.45, 2.75) is 11.3 Å². The second-order valence-corrected chi connectivity index (χ2v) is 5.25. The molecule has 1 aromatic carbocycles. The van der Waals surface area contributed by atoms with Crippen LogP contribution < -0.4 is 0 Å². The lowest BCUT2D eigenvalue weighted by Gasteiger charge is -2.04. The third-order valence-electron chi connectivity index (χ3n) is 1.94. The first-order valence-corrected chi connectivity index (χ1v) is 6.18. The fraction of sp³-hybridized carbons (Fsp3) is 0.111. The molecule has 0 aliphatic rings. The monoisotopic (exact) mass is 342 g/mol. The van der Waals surface area contributed by atoms with Crippen LogP contribution in [0.5, 0.6) is 0 Å². The summed E-state index contributed by atoms with van der Waals surface area (Å²) < 4.78 is 27.0. The van der Waals surface area contributed by atoms with E-state index in [1.54, 1.807) is 6.07 Å². The van der Waals surface area contributed by atoms with Crippen LogP contribution in [0.3, 0.4) is 0 Å². The van der Waals surface area contributed by atoms with Crippen molar-refractivity contribution in [2.75, 3.05) is 0 Å². The molecule has 2 rings (SSSR count). The van der Waals surface area contributed by atoms with Gasteiger partial charge in [-0.15, -0.1) is 24.0 Å². The van der Waals surface area contributed by atoms with Crippen LogP contribution in [0.15, 0.2) is 22.4 Å². The Labute approximate surface area is 103 Å². The van der Waals surface area contributed by atoms with Gasteiger partial charge in [-0.3, -0.25) is 0 Å². The molecule has 2 aromatic rings. The number of thiophene rings is 1. The molecule has 0 aliphatic heterocycles. The summed E-state index contributed by atoms with van der Waals surface area (Å²) in [5, 5.41) is 2.95. The van der Waals surface area contributed by atoms with E-state index in [0.717, 1.165) is 13.7 Å². The van der Waals surface area contributed by atoms with Gasteiger partial charge in [-0.2, -0.15) is 0 Å². The van der Waals surface area contributed by atoms with Crippen molar-refractivity contribution in [3.8, 4) is 0 Å². The molecule has 74 valence electrons. The van der Waals surface area contributed by atoms with Crippen LogP contribution in [0.2, 0.25) is 0 Å². The summed E-state index contributed by atoms with van der Waals surface area (Å²) in [7, 11) is 0. The average molecular weight is 342 g/mol. The summed E-state index contributed by atoms with van der Waals surface area (Å²) in [6, 6.07) is 3.18. The van der Waals surface area contributed by atoms with E-state index in [4.69, 9.17) is 0 Å². The van der Waals surface area contributed by atoms with Crippen molar-refractivity contribution >= 4 is 56.6 Å². The number of halogens is 3. The Morgan fingerprint density at radius 3 is 2.71 bits per heavy atom. The molecule has 1 aromatic heterocycles. The minimum absolute atomic E-state index is 0.0130. The minimum atomic E-state index is -2.45. The number of fused-ring (bicyclic) bond motifs is 1. The normalized spacial score (nSPS) is 11.5. The number of hydrogen-bond donors (Lipinski definition) is 1. The predicted molar refractivity (Wildman–Crippen MR) is 66.8 cm³/mol. The van der Waals surface area contributed by atoms with E-state index in [0.29, 0.717) is 4.90 Å². The first-order chi connectivity index (χ1) is 6.61. The highest BCUT2D eigenvalue weighted by Gasteiger charge is 2.14. The summed E-state index contributed by atoms with van der Waals surface area (Å²) >= 11 is 7.79. The lowest BCUT2D eigenvalue weighted by molar-refractivity contribution is 0.148. The Hall–Kier alpha value is 0.120. The highest BCUT2D eigenvalue weighted by atomic mass is 127. The molecular formula is C9H5F2IS2. The Morgan fingerprint density at radius 2 is 2.07 bits per heavy atom. The standard InChI is InChI=1S/C9H5F2IS2/c10-9(11)5-2-1-4-6(12)3-14-8(4)7(5)13/h1-3,9,13H. The summed E-state index contributed by atoms with van der Waals surface area (Å²) in [5.74, 6) is 0. The molecule has 0 unspecified atom stereocenters. The van der Waals surface area contributed by atoms with Gasteiger partial charge in [0.1, 0.15) is 0 Å². The Balaban J connectivity index is 2.76. The van der Waals surface area contributed by atoms with Gasteiger partial charge in [0, 0.05) is 29.5 Å². The van der Waals surface area contributed by atoms with E-state index in [1.807, 2.05) is 5.38 Å². The molecule has 1 heterocycles. The van der Waals surface area contributed by atoms with Crippen molar-refractivity contribution in [1.29, 1.82) is 0 Å². The van der Waals surface area contributed by atoms with Crippen LogP contribution >= 0.6 is 46.6 Å². The van der Waals surface area contributed by atoms with E-state index in [2.05, 4.69) is 35.2 Å². The number of benzene rings is 1. The first kappa shape index (κ1) is 10.6. The van der Waals surface area contributed by atoms with Crippen molar-refractivity contribution in [3.05, 3.63) is 26.6 Å². The van der Waals surface area contributed by atoms with Gasteiger partial charge in [0.05, 0.1) is 0 Å². The molecule has 0 bridgehead atoms. The second kappa shape index (κ2) is 3.94. The van der Waals surface area contributed by atoms with Gasteiger partial charge in [0.2, 0.25) is 0 Å².